The first-order chi connectivity index (χ1) is 9.30. The van der Waals surface area contributed by atoms with Crippen LogP contribution in [0, 0.1) is 5.41 Å². The molecule has 1 saturated heterocycles. The summed E-state index contributed by atoms with van der Waals surface area (Å²) in [6.07, 6.45) is -1.15. The van der Waals surface area contributed by atoms with Gasteiger partial charge < -0.3 is 10.6 Å². The van der Waals surface area contributed by atoms with Crippen molar-refractivity contribution in [3.05, 3.63) is 22.3 Å². The molecule has 1 aliphatic rings. The fourth-order valence-electron chi connectivity index (χ4n) is 2.30. The molecule has 112 valence electrons. The van der Waals surface area contributed by atoms with Crippen LogP contribution in [-0.4, -0.2) is 24.6 Å². The highest BCUT2D eigenvalue weighted by molar-refractivity contribution is 9.10. The first kappa shape index (κ1) is 15.6. The summed E-state index contributed by atoms with van der Waals surface area (Å²) in [6.45, 7) is 4.38. The minimum atomic E-state index is -4.41. The van der Waals surface area contributed by atoms with E-state index in [2.05, 4.69) is 38.5 Å². The number of piperidine rings is 1. The Hall–Kier alpha value is -0.820. The van der Waals surface area contributed by atoms with Gasteiger partial charge in [-0.15, -0.1) is 0 Å². The van der Waals surface area contributed by atoms with Crippen LogP contribution in [0.2, 0.25) is 0 Å². The maximum atomic E-state index is 13.0. The average Bonchev–Trinajstić information content (AvgIpc) is 2.37. The van der Waals surface area contributed by atoms with Gasteiger partial charge in [-0.2, -0.15) is 13.2 Å². The number of halogens is 4. The summed E-state index contributed by atoms with van der Waals surface area (Å²) >= 11 is 3.03. The zero-order valence-electron chi connectivity index (χ0n) is 11.1. The molecule has 2 N–H and O–H groups in total. The predicted octanol–water partition coefficient (Wildman–Crippen LogP) is 3.66. The first-order valence-corrected chi connectivity index (χ1v) is 7.27. The lowest BCUT2D eigenvalue weighted by Gasteiger charge is -2.34. The second-order valence-electron chi connectivity index (χ2n) is 5.46. The normalized spacial score (nSPS) is 18.9. The number of hydrogen-bond donors (Lipinski definition) is 2. The predicted molar refractivity (Wildman–Crippen MR) is 75.6 cm³/mol. The molecular weight excluding hydrogens is 335 g/mol. The van der Waals surface area contributed by atoms with Gasteiger partial charge in [0.1, 0.15) is 5.82 Å². The van der Waals surface area contributed by atoms with Gasteiger partial charge in [-0.3, -0.25) is 0 Å². The largest absolute Gasteiger partial charge is 0.419 e. The summed E-state index contributed by atoms with van der Waals surface area (Å²) in [7, 11) is 0. The van der Waals surface area contributed by atoms with E-state index in [-0.39, 0.29) is 11.2 Å². The van der Waals surface area contributed by atoms with Crippen molar-refractivity contribution in [1.29, 1.82) is 0 Å². The van der Waals surface area contributed by atoms with Gasteiger partial charge in [-0.05, 0) is 53.3 Å². The number of aromatic nitrogens is 1. The molecule has 20 heavy (non-hydrogen) atoms. The fourth-order valence-corrected chi connectivity index (χ4v) is 2.63. The van der Waals surface area contributed by atoms with Gasteiger partial charge in [-0.1, -0.05) is 6.92 Å². The van der Waals surface area contributed by atoms with Crippen LogP contribution in [0.25, 0.3) is 0 Å². The van der Waals surface area contributed by atoms with E-state index in [1.165, 1.54) is 6.20 Å². The lowest BCUT2D eigenvalue weighted by atomic mass is 9.81. The van der Waals surface area contributed by atoms with Crippen molar-refractivity contribution in [3.8, 4) is 0 Å². The number of rotatable bonds is 3. The number of nitrogens with zero attached hydrogens (tertiary/aromatic N) is 1. The highest BCUT2D eigenvalue weighted by atomic mass is 79.9. The molecule has 1 fully saturated rings. The highest BCUT2D eigenvalue weighted by Crippen LogP contribution is 2.36. The van der Waals surface area contributed by atoms with Gasteiger partial charge in [-0.25, -0.2) is 4.98 Å². The monoisotopic (exact) mass is 351 g/mol. The highest BCUT2D eigenvalue weighted by Gasteiger charge is 2.35. The smallest absolute Gasteiger partial charge is 0.369 e. The molecule has 0 amide bonds. The molecule has 0 radical (unpaired) electrons. The Labute approximate surface area is 124 Å². The standard InChI is InChI=1S/C13H17BrF3N3/c1-12(2-4-18-5-3-12)8-20-11-10(13(15,16)17)6-9(14)7-19-11/h6-7,18H,2-5,8H2,1H3,(H,19,20). The number of hydrogen-bond acceptors (Lipinski definition) is 3. The Morgan fingerprint density at radius 3 is 2.65 bits per heavy atom. The lowest BCUT2D eigenvalue weighted by Crippen LogP contribution is -2.39. The zero-order valence-corrected chi connectivity index (χ0v) is 12.7. The van der Waals surface area contributed by atoms with Gasteiger partial charge in [0.15, 0.2) is 0 Å². The molecule has 0 bridgehead atoms. The Balaban J connectivity index is 2.13. The van der Waals surface area contributed by atoms with Gasteiger partial charge in [0.25, 0.3) is 0 Å². The summed E-state index contributed by atoms with van der Waals surface area (Å²) < 4.78 is 39.3. The number of nitrogens with one attached hydrogen (secondary N) is 2. The maximum Gasteiger partial charge on any atom is 0.419 e. The van der Waals surface area contributed by atoms with Gasteiger partial charge >= 0.3 is 6.18 Å². The van der Waals surface area contributed by atoms with Crippen LogP contribution >= 0.6 is 15.9 Å². The van der Waals surface area contributed by atoms with Crippen molar-refractivity contribution in [2.75, 3.05) is 25.0 Å². The molecule has 0 spiro atoms. The van der Waals surface area contributed by atoms with Crippen molar-refractivity contribution in [2.45, 2.75) is 25.9 Å². The molecule has 1 aromatic rings. The SMILES string of the molecule is CC1(CNc2ncc(Br)cc2C(F)(F)F)CCNCC1. The Kier molecular flexibility index (Phi) is 4.59. The summed E-state index contributed by atoms with van der Waals surface area (Å²) in [6, 6.07) is 1.06. The minimum absolute atomic E-state index is 0.00285. The second-order valence-corrected chi connectivity index (χ2v) is 6.38. The molecule has 0 saturated carbocycles. The summed E-state index contributed by atoms with van der Waals surface area (Å²) in [5.74, 6) is -0.0968. The van der Waals surface area contributed by atoms with Crippen LogP contribution in [0.4, 0.5) is 19.0 Å². The summed E-state index contributed by atoms with van der Waals surface area (Å²) in [5.41, 5.74) is -0.729. The van der Waals surface area contributed by atoms with E-state index in [0.717, 1.165) is 32.0 Å². The second kappa shape index (κ2) is 5.89. The molecule has 7 heteroatoms. The van der Waals surface area contributed by atoms with Crippen LogP contribution in [0.3, 0.4) is 0 Å². The molecule has 0 unspecified atom stereocenters. The van der Waals surface area contributed by atoms with Crippen molar-refractivity contribution in [2.24, 2.45) is 5.41 Å². The Morgan fingerprint density at radius 2 is 2.05 bits per heavy atom. The van der Waals surface area contributed by atoms with E-state index in [1.807, 2.05) is 0 Å². The minimum Gasteiger partial charge on any atom is -0.369 e. The van der Waals surface area contributed by atoms with E-state index in [4.69, 9.17) is 0 Å². The van der Waals surface area contributed by atoms with Crippen molar-refractivity contribution < 1.29 is 13.2 Å². The molecule has 0 aliphatic carbocycles. The third-order valence-corrected chi connectivity index (χ3v) is 4.09. The molecule has 1 aliphatic heterocycles. The number of anilines is 1. The maximum absolute atomic E-state index is 13.0. The van der Waals surface area contributed by atoms with E-state index >= 15 is 0 Å². The van der Waals surface area contributed by atoms with Crippen LogP contribution in [0.1, 0.15) is 25.3 Å². The molecule has 2 rings (SSSR count). The van der Waals surface area contributed by atoms with E-state index in [9.17, 15) is 13.2 Å². The van der Waals surface area contributed by atoms with Crippen molar-refractivity contribution >= 4 is 21.7 Å². The van der Waals surface area contributed by atoms with E-state index < -0.39 is 11.7 Å². The Bertz CT molecular complexity index is 470. The van der Waals surface area contributed by atoms with Crippen LogP contribution < -0.4 is 10.6 Å². The quantitative estimate of drug-likeness (QED) is 0.872. The summed E-state index contributed by atoms with van der Waals surface area (Å²) in [4.78, 5) is 3.87. The lowest BCUT2D eigenvalue weighted by molar-refractivity contribution is -0.137. The van der Waals surface area contributed by atoms with Crippen LogP contribution in [0.15, 0.2) is 16.7 Å². The van der Waals surface area contributed by atoms with Gasteiger partial charge in [0, 0.05) is 17.2 Å². The molecule has 1 aromatic heterocycles. The third kappa shape index (κ3) is 3.85. The van der Waals surface area contributed by atoms with Crippen LogP contribution in [-0.2, 0) is 6.18 Å². The number of pyridine rings is 1. The first-order valence-electron chi connectivity index (χ1n) is 6.48. The van der Waals surface area contributed by atoms with E-state index in [0.29, 0.717) is 11.0 Å². The molecule has 0 aromatic carbocycles. The van der Waals surface area contributed by atoms with Gasteiger partial charge in [0.05, 0.1) is 5.56 Å². The van der Waals surface area contributed by atoms with E-state index in [1.54, 1.807) is 0 Å². The molecule has 0 atom stereocenters. The number of alkyl halides is 3. The average molecular weight is 352 g/mol. The molecule has 3 nitrogen and oxygen atoms in total. The Morgan fingerprint density at radius 1 is 1.40 bits per heavy atom. The van der Waals surface area contributed by atoms with Gasteiger partial charge in [0.2, 0.25) is 0 Å². The van der Waals surface area contributed by atoms with Crippen molar-refractivity contribution in [3.63, 3.8) is 0 Å². The topological polar surface area (TPSA) is 37.0 Å². The summed E-state index contributed by atoms with van der Waals surface area (Å²) in [5, 5.41) is 6.13. The molecule has 2 heterocycles. The molecular formula is C13H17BrF3N3. The third-order valence-electron chi connectivity index (χ3n) is 3.65. The fraction of sp³-hybridized carbons (Fsp3) is 0.615. The van der Waals surface area contributed by atoms with Crippen molar-refractivity contribution in [1.82, 2.24) is 10.3 Å². The zero-order chi connectivity index (χ0) is 14.8. The van der Waals surface area contributed by atoms with Crippen LogP contribution in [0.5, 0.6) is 0 Å².